The van der Waals surface area contributed by atoms with Crippen molar-refractivity contribution in [3.05, 3.63) is 89.1 Å². The smallest absolute Gasteiger partial charge is 0.255 e. The van der Waals surface area contributed by atoms with Crippen LogP contribution in [-0.2, 0) is 13.0 Å². The summed E-state index contributed by atoms with van der Waals surface area (Å²) in [7, 11) is 0. The Morgan fingerprint density at radius 2 is 1.88 bits per heavy atom. The molecule has 0 unspecified atom stereocenters. The van der Waals surface area contributed by atoms with E-state index < -0.39 is 0 Å². The van der Waals surface area contributed by atoms with Crippen molar-refractivity contribution in [1.29, 1.82) is 0 Å². The lowest BCUT2D eigenvalue weighted by Crippen LogP contribution is -2.25. The maximum atomic E-state index is 13.5. The number of rotatable bonds is 8. The van der Waals surface area contributed by atoms with Crippen molar-refractivity contribution in [2.75, 3.05) is 11.9 Å². The van der Waals surface area contributed by atoms with Crippen molar-refractivity contribution in [2.45, 2.75) is 51.0 Å². The molecule has 1 fully saturated rings. The Morgan fingerprint density at radius 3 is 2.66 bits per heavy atom. The number of nitrogens with one attached hydrogen (secondary N) is 2. The number of amides is 1. The van der Waals surface area contributed by atoms with Crippen LogP contribution in [0.25, 0.3) is 0 Å². The maximum Gasteiger partial charge on any atom is 0.255 e. The van der Waals surface area contributed by atoms with Crippen LogP contribution in [0.2, 0.25) is 0 Å². The second kappa shape index (κ2) is 10.8. The Hall–Kier alpha value is -3.28. The maximum absolute atomic E-state index is 13.5. The Morgan fingerprint density at radius 1 is 1.03 bits per heavy atom. The summed E-state index contributed by atoms with van der Waals surface area (Å²) in [6.45, 7) is 0.966. The van der Waals surface area contributed by atoms with Crippen molar-refractivity contribution in [3.63, 3.8) is 0 Å². The van der Waals surface area contributed by atoms with Crippen molar-refractivity contribution in [3.8, 4) is 0 Å². The highest BCUT2D eigenvalue weighted by molar-refractivity contribution is 5.98. The molecular weight excluding hydrogens is 403 g/mol. The molecule has 0 saturated heterocycles. The third-order valence-electron chi connectivity index (χ3n) is 5.96. The minimum Gasteiger partial charge on any atom is -0.369 e. The molecule has 1 amide bonds. The van der Waals surface area contributed by atoms with E-state index in [2.05, 4.69) is 15.6 Å². The van der Waals surface area contributed by atoms with E-state index in [0.717, 1.165) is 29.7 Å². The van der Waals surface area contributed by atoms with Crippen LogP contribution in [0.1, 0.15) is 65.2 Å². The van der Waals surface area contributed by atoms with E-state index >= 15 is 0 Å². The van der Waals surface area contributed by atoms with Gasteiger partial charge in [-0.2, -0.15) is 0 Å². The topological polar surface area (TPSA) is 66.9 Å². The Labute approximate surface area is 188 Å². The van der Waals surface area contributed by atoms with Crippen LogP contribution < -0.4 is 10.6 Å². The monoisotopic (exact) mass is 432 g/mol. The van der Waals surface area contributed by atoms with E-state index in [1.54, 1.807) is 18.5 Å². The molecule has 0 atom stereocenters. The van der Waals surface area contributed by atoms with Crippen molar-refractivity contribution < 1.29 is 9.18 Å². The predicted molar refractivity (Wildman–Crippen MR) is 124 cm³/mol. The molecule has 3 aromatic rings. The lowest BCUT2D eigenvalue weighted by molar-refractivity contribution is 0.0951. The molecular formula is C26H29FN4O. The van der Waals surface area contributed by atoms with E-state index in [4.69, 9.17) is 4.98 Å². The van der Waals surface area contributed by atoms with Crippen LogP contribution in [0.15, 0.2) is 60.9 Å². The number of pyridine rings is 2. The standard InChI is InChI=1S/C26H29FN4O/c27-22-10-4-6-19(16-22)13-15-29-25-23(26(32)30-18-20-7-5-14-28-17-20)11-12-24(31-25)21-8-2-1-3-9-21/h4-7,10-12,14,16-17,21H,1-3,8-9,13,15,18H2,(H,29,31)(H,30,32). The summed E-state index contributed by atoms with van der Waals surface area (Å²) in [5.74, 6) is 0.619. The van der Waals surface area contributed by atoms with Crippen molar-refractivity contribution >= 4 is 11.7 Å². The quantitative estimate of drug-likeness (QED) is 0.510. The average Bonchev–Trinajstić information content (AvgIpc) is 2.84. The van der Waals surface area contributed by atoms with Crippen LogP contribution in [0.3, 0.4) is 0 Å². The van der Waals surface area contributed by atoms with Gasteiger partial charge in [0.15, 0.2) is 0 Å². The summed E-state index contributed by atoms with van der Waals surface area (Å²) in [5, 5.41) is 6.29. The van der Waals surface area contributed by atoms with Gasteiger partial charge in [0.2, 0.25) is 0 Å². The molecule has 6 heteroatoms. The second-order valence-corrected chi connectivity index (χ2v) is 8.32. The summed E-state index contributed by atoms with van der Waals surface area (Å²) in [6.07, 6.45) is 10.1. The number of carbonyl (C=O) groups excluding carboxylic acids is 1. The zero-order valence-electron chi connectivity index (χ0n) is 18.2. The summed E-state index contributed by atoms with van der Waals surface area (Å²) >= 11 is 0. The first kappa shape index (κ1) is 21.9. The number of benzene rings is 1. The first-order valence-corrected chi connectivity index (χ1v) is 11.4. The molecule has 2 heterocycles. The number of anilines is 1. The van der Waals surface area contributed by atoms with Gasteiger partial charge in [0.05, 0.1) is 5.56 Å². The normalized spacial score (nSPS) is 14.2. The zero-order chi connectivity index (χ0) is 22.2. The molecule has 0 bridgehead atoms. The van der Waals surface area contributed by atoms with Crippen LogP contribution in [0, 0.1) is 5.82 Å². The van der Waals surface area contributed by atoms with Gasteiger partial charge in [-0.25, -0.2) is 9.37 Å². The van der Waals surface area contributed by atoms with E-state index in [0.29, 0.717) is 36.8 Å². The molecule has 1 aromatic carbocycles. The fourth-order valence-electron chi connectivity index (χ4n) is 4.22. The molecule has 0 radical (unpaired) electrons. The number of hydrogen-bond acceptors (Lipinski definition) is 4. The van der Waals surface area contributed by atoms with Gasteiger partial charge < -0.3 is 10.6 Å². The van der Waals surface area contributed by atoms with Gasteiger partial charge in [0.25, 0.3) is 5.91 Å². The summed E-state index contributed by atoms with van der Waals surface area (Å²) in [6, 6.07) is 14.2. The van der Waals surface area contributed by atoms with Gasteiger partial charge in [-0.3, -0.25) is 9.78 Å². The Bertz CT molecular complexity index is 1040. The number of carbonyl (C=O) groups is 1. The van der Waals surface area contributed by atoms with Crippen molar-refractivity contribution in [2.24, 2.45) is 0 Å². The Kier molecular flexibility index (Phi) is 7.43. The molecule has 2 aromatic heterocycles. The molecule has 4 rings (SSSR count). The molecule has 5 nitrogen and oxygen atoms in total. The van der Waals surface area contributed by atoms with Gasteiger partial charge >= 0.3 is 0 Å². The van der Waals surface area contributed by atoms with Gasteiger partial charge in [-0.15, -0.1) is 0 Å². The van der Waals surface area contributed by atoms with E-state index in [9.17, 15) is 9.18 Å². The highest BCUT2D eigenvalue weighted by atomic mass is 19.1. The fraction of sp³-hybridized carbons (Fsp3) is 0.346. The largest absolute Gasteiger partial charge is 0.369 e. The number of nitrogens with zero attached hydrogens (tertiary/aromatic N) is 2. The zero-order valence-corrected chi connectivity index (χ0v) is 18.2. The molecule has 0 aliphatic heterocycles. The van der Waals surface area contributed by atoms with Crippen LogP contribution in [0.5, 0.6) is 0 Å². The first-order chi connectivity index (χ1) is 15.7. The second-order valence-electron chi connectivity index (χ2n) is 8.32. The molecule has 2 N–H and O–H groups in total. The summed E-state index contributed by atoms with van der Waals surface area (Å²) in [5.41, 5.74) is 3.41. The minimum atomic E-state index is -0.240. The lowest BCUT2D eigenvalue weighted by atomic mass is 9.86. The van der Waals surface area contributed by atoms with E-state index in [1.807, 2.05) is 30.3 Å². The summed E-state index contributed by atoms with van der Waals surface area (Å²) < 4.78 is 13.5. The van der Waals surface area contributed by atoms with Gasteiger partial charge in [-0.05, 0) is 60.7 Å². The van der Waals surface area contributed by atoms with Crippen molar-refractivity contribution in [1.82, 2.24) is 15.3 Å². The average molecular weight is 433 g/mol. The van der Waals surface area contributed by atoms with Crippen LogP contribution >= 0.6 is 0 Å². The van der Waals surface area contributed by atoms with Gasteiger partial charge in [0.1, 0.15) is 11.6 Å². The van der Waals surface area contributed by atoms with Gasteiger partial charge in [-0.1, -0.05) is 37.5 Å². The first-order valence-electron chi connectivity index (χ1n) is 11.4. The van der Waals surface area contributed by atoms with E-state index in [-0.39, 0.29) is 11.7 Å². The molecule has 32 heavy (non-hydrogen) atoms. The summed E-state index contributed by atoms with van der Waals surface area (Å²) in [4.78, 5) is 21.9. The number of aromatic nitrogens is 2. The predicted octanol–water partition coefficient (Wildman–Crippen LogP) is 5.25. The molecule has 1 aliphatic rings. The number of hydrogen-bond donors (Lipinski definition) is 2. The highest BCUT2D eigenvalue weighted by Crippen LogP contribution is 2.32. The lowest BCUT2D eigenvalue weighted by Gasteiger charge is -2.22. The highest BCUT2D eigenvalue weighted by Gasteiger charge is 2.20. The molecule has 1 saturated carbocycles. The SMILES string of the molecule is O=C(NCc1cccnc1)c1ccc(C2CCCCC2)nc1NCCc1cccc(F)c1. The van der Waals surface area contributed by atoms with E-state index in [1.165, 1.54) is 31.4 Å². The minimum absolute atomic E-state index is 0.176. The van der Waals surface area contributed by atoms with Crippen LogP contribution in [0.4, 0.5) is 10.2 Å². The van der Waals surface area contributed by atoms with Crippen LogP contribution in [-0.4, -0.2) is 22.4 Å². The molecule has 1 aliphatic carbocycles. The fourth-order valence-corrected chi connectivity index (χ4v) is 4.22. The third kappa shape index (κ3) is 5.90. The Balaban J connectivity index is 1.48. The third-order valence-corrected chi connectivity index (χ3v) is 5.96. The molecule has 0 spiro atoms. The molecule has 166 valence electrons. The van der Waals surface area contributed by atoms with Gasteiger partial charge in [0, 0.05) is 37.1 Å². The number of halogens is 1.